The molecule has 1 saturated heterocycles. The van der Waals surface area contributed by atoms with Crippen LogP contribution in [0.2, 0.25) is 0 Å². The lowest BCUT2D eigenvalue weighted by Gasteiger charge is -2.19. The first kappa shape index (κ1) is 15.7. The first-order chi connectivity index (χ1) is 12.2. The van der Waals surface area contributed by atoms with Crippen molar-refractivity contribution in [2.24, 2.45) is 0 Å². The van der Waals surface area contributed by atoms with Crippen LogP contribution in [0, 0.1) is 0 Å². The number of aromatic nitrogens is 3. The average molecular weight is 337 g/mol. The van der Waals surface area contributed by atoms with E-state index < -0.39 is 0 Å². The second-order valence-corrected chi connectivity index (χ2v) is 6.38. The molecule has 0 bridgehead atoms. The summed E-state index contributed by atoms with van der Waals surface area (Å²) in [5.74, 6) is 1.08. The van der Waals surface area contributed by atoms with Gasteiger partial charge in [-0.2, -0.15) is 0 Å². The largest absolute Gasteiger partial charge is 0.444 e. The van der Waals surface area contributed by atoms with Crippen LogP contribution in [-0.2, 0) is 4.79 Å². The van der Waals surface area contributed by atoms with Crippen LogP contribution in [0.25, 0.3) is 22.2 Å². The Bertz CT molecular complexity index is 894. The quantitative estimate of drug-likeness (QED) is 0.788. The van der Waals surface area contributed by atoms with Gasteiger partial charge in [-0.05, 0) is 50.6 Å². The zero-order chi connectivity index (χ0) is 17.2. The molecule has 1 fully saturated rings. The van der Waals surface area contributed by atoms with Crippen molar-refractivity contribution in [1.29, 1.82) is 0 Å². The molecule has 0 radical (unpaired) electrons. The van der Waals surface area contributed by atoms with E-state index in [-0.39, 0.29) is 5.91 Å². The normalized spacial score (nSPS) is 17.9. The van der Waals surface area contributed by atoms with Crippen molar-refractivity contribution < 1.29 is 9.21 Å². The molecular weight excluding hydrogens is 318 g/mol. The van der Waals surface area contributed by atoms with Crippen molar-refractivity contribution in [3.8, 4) is 11.3 Å². The third-order valence-corrected chi connectivity index (χ3v) is 4.61. The molecular formula is C18H19N5O2. The van der Waals surface area contributed by atoms with Crippen LogP contribution in [0.15, 0.2) is 41.3 Å². The molecule has 1 N–H and O–H groups in total. The Morgan fingerprint density at radius 2 is 2.28 bits per heavy atom. The van der Waals surface area contributed by atoms with Gasteiger partial charge in [-0.25, -0.2) is 4.98 Å². The Morgan fingerprint density at radius 1 is 1.36 bits per heavy atom. The molecule has 0 spiro atoms. The molecule has 128 valence electrons. The minimum Gasteiger partial charge on any atom is -0.444 e. The van der Waals surface area contributed by atoms with E-state index in [0.717, 1.165) is 35.9 Å². The van der Waals surface area contributed by atoms with Gasteiger partial charge in [-0.15, -0.1) is 10.2 Å². The number of hydrogen-bond donors (Lipinski definition) is 1. The minimum absolute atomic E-state index is 0.0613. The highest BCUT2D eigenvalue weighted by atomic mass is 16.3. The number of carbonyl (C=O) groups is 1. The highest BCUT2D eigenvalue weighted by Gasteiger charge is 2.22. The summed E-state index contributed by atoms with van der Waals surface area (Å²) in [6.45, 7) is 3.51. The van der Waals surface area contributed by atoms with Gasteiger partial charge in [-0.3, -0.25) is 9.69 Å². The molecule has 1 aliphatic rings. The predicted molar refractivity (Wildman–Crippen MR) is 93.9 cm³/mol. The van der Waals surface area contributed by atoms with Gasteiger partial charge in [0.15, 0.2) is 18.0 Å². The lowest BCUT2D eigenvalue weighted by molar-refractivity contribution is -0.117. The summed E-state index contributed by atoms with van der Waals surface area (Å²) in [4.78, 5) is 18.4. The molecule has 25 heavy (non-hydrogen) atoms. The fourth-order valence-corrected chi connectivity index (χ4v) is 3.21. The van der Waals surface area contributed by atoms with Crippen molar-refractivity contribution in [3.63, 3.8) is 0 Å². The molecule has 7 nitrogen and oxygen atoms in total. The van der Waals surface area contributed by atoms with E-state index in [1.165, 1.54) is 6.39 Å². The zero-order valence-electron chi connectivity index (χ0n) is 14.0. The Hall–Kier alpha value is -2.80. The van der Waals surface area contributed by atoms with E-state index in [1.807, 2.05) is 24.3 Å². The van der Waals surface area contributed by atoms with Crippen LogP contribution in [0.1, 0.15) is 19.8 Å². The number of carbonyl (C=O) groups excluding carboxylic acids is 1. The number of anilines is 1. The molecule has 1 aliphatic heterocycles. The molecule has 1 unspecified atom stereocenters. The zero-order valence-corrected chi connectivity index (χ0v) is 14.0. The molecule has 1 amide bonds. The molecule has 0 saturated carbocycles. The first-order valence-corrected chi connectivity index (χ1v) is 8.39. The molecule has 3 aromatic rings. The average Bonchev–Trinajstić information content (AvgIpc) is 3.27. The van der Waals surface area contributed by atoms with Gasteiger partial charge in [0.1, 0.15) is 0 Å². The number of nitrogens with zero attached hydrogens (tertiary/aromatic N) is 4. The molecule has 1 atom stereocenters. The Morgan fingerprint density at radius 3 is 3.04 bits per heavy atom. The maximum Gasteiger partial charge on any atom is 0.239 e. The van der Waals surface area contributed by atoms with E-state index in [0.29, 0.717) is 24.2 Å². The molecule has 7 heteroatoms. The van der Waals surface area contributed by atoms with Gasteiger partial charge < -0.3 is 9.73 Å². The summed E-state index contributed by atoms with van der Waals surface area (Å²) in [6.07, 6.45) is 5.35. The molecule has 1 aromatic carbocycles. The second kappa shape index (κ2) is 6.60. The number of amides is 1. The highest BCUT2D eigenvalue weighted by molar-refractivity contribution is 5.93. The number of fused-ring (bicyclic) bond motifs is 1. The Balaban J connectivity index is 1.52. The minimum atomic E-state index is -0.0613. The van der Waals surface area contributed by atoms with Crippen LogP contribution < -0.4 is 5.32 Å². The standard InChI is InChI=1S/C18H19N5O2/c1-12-3-2-6-23(12)10-18(24)20-17-8-14-7-13(16-9-19-11-25-16)4-5-15(14)21-22-17/h4-5,7-9,11-12H,2-3,6,10H2,1H3,(H,20,22,24). The van der Waals surface area contributed by atoms with Gasteiger partial charge in [0.2, 0.25) is 5.91 Å². The molecule has 3 heterocycles. The molecule has 4 rings (SSSR count). The number of rotatable bonds is 4. The van der Waals surface area contributed by atoms with E-state index in [9.17, 15) is 4.79 Å². The number of likely N-dealkylation sites (tertiary alicyclic amines) is 1. The van der Waals surface area contributed by atoms with Crippen molar-refractivity contribution in [3.05, 3.63) is 36.9 Å². The summed E-state index contributed by atoms with van der Waals surface area (Å²) in [7, 11) is 0. The summed E-state index contributed by atoms with van der Waals surface area (Å²) >= 11 is 0. The summed E-state index contributed by atoms with van der Waals surface area (Å²) in [6, 6.07) is 8.01. The third kappa shape index (κ3) is 3.36. The van der Waals surface area contributed by atoms with Crippen LogP contribution in [0.5, 0.6) is 0 Å². The van der Waals surface area contributed by atoms with E-state index in [2.05, 4.69) is 32.3 Å². The summed E-state index contributed by atoms with van der Waals surface area (Å²) < 4.78 is 5.33. The molecule has 0 aliphatic carbocycles. The predicted octanol–water partition coefficient (Wildman–Crippen LogP) is 2.71. The van der Waals surface area contributed by atoms with E-state index in [1.54, 1.807) is 6.20 Å². The van der Waals surface area contributed by atoms with Gasteiger partial charge in [0.05, 0.1) is 18.3 Å². The fourth-order valence-electron chi connectivity index (χ4n) is 3.21. The van der Waals surface area contributed by atoms with Gasteiger partial charge in [-0.1, -0.05) is 0 Å². The first-order valence-electron chi connectivity index (χ1n) is 8.39. The second-order valence-electron chi connectivity index (χ2n) is 6.38. The lowest BCUT2D eigenvalue weighted by Crippen LogP contribution is -2.35. The fraction of sp³-hybridized carbons (Fsp3) is 0.333. The summed E-state index contributed by atoms with van der Waals surface area (Å²) in [5.41, 5.74) is 1.66. The molecule has 2 aromatic heterocycles. The maximum atomic E-state index is 12.3. The number of hydrogen-bond acceptors (Lipinski definition) is 6. The van der Waals surface area contributed by atoms with Crippen molar-refractivity contribution in [2.45, 2.75) is 25.8 Å². The SMILES string of the molecule is CC1CCCN1CC(=O)Nc1cc2cc(-c3cnco3)ccc2nn1. The van der Waals surface area contributed by atoms with Crippen LogP contribution in [0.4, 0.5) is 5.82 Å². The van der Waals surface area contributed by atoms with Crippen LogP contribution in [-0.4, -0.2) is 45.1 Å². The van der Waals surface area contributed by atoms with E-state index >= 15 is 0 Å². The van der Waals surface area contributed by atoms with Crippen molar-refractivity contribution in [2.75, 3.05) is 18.4 Å². The van der Waals surface area contributed by atoms with Crippen LogP contribution >= 0.6 is 0 Å². The lowest BCUT2D eigenvalue weighted by atomic mass is 10.1. The third-order valence-electron chi connectivity index (χ3n) is 4.61. The van der Waals surface area contributed by atoms with Crippen molar-refractivity contribution >= 4 is 22.6 Å². The van der Waals surface area contributed by atoms with Crippen LogP contribution in [0.3, 0.4) is 0 Å². The van der Waals surface area contributed by atoms with Gasteiger partial charge in [0, 0.05) is 17.0 Å². The number of benzene rings is 1. The highest BCUT2D eigenvalue weighted by Crippen LogP contribution is 2.24. The Labute approximate surface area is 145 Å². The Kier molecular flexibility index (Phi) is 4.15. The van der Waals surface area contributed by atoms with Gasteiger partial charge >= 0.3 is 0 Å². The monoisotopic (exact) mass is 337 g/mol. The number of oxazole rings is 1. The number of nitrogens with one attached hydrogen (secondary N) is 1. The summed E-state index contributed by atoms with van der Waals surface area (Å²) in [5, 5.41) is 12.0. The maximum absolute atomic E-state index is 12.3. The topological polar surface area (TPSA) is 84.2 Å². The smallest absolute Gasteiger partial charge is 0.239 e. The van der Waals surface area contributed by atoms with E-state index in [4.69, 9.17) is 4.42 Å². The van der Waals surface area contributed by atoms with Gasteiger partial charge in [0.25, 0.3) is 0 Å². The van der Waals surface area contributed by atoms with Crippen molar-refractivity contribution in [1.82, 2.24) is 20.1 Å².